The Hall–Kier alpha value is -1.53. The molecule has 3 heteroatoms. The summed E-state index contributed by atoms with van der Waals surface area (Å²) >= 11 is 0. The standard InChI is InChI=1S/C15H20N2O/c1-11-5-7-17(8-6-11)15-9-13(10-16)3-4-14(15)12(2)18/h3-4,9,11-12,18H,5-8H2,1-2H3/t12-/m0/s1. The Kier molecular flexibility index (Phi) is 3.88. The van der Waals surface area contributed by atoms with Crippen molar-refractivity contribution in [3.8, 4) is 6.07 Å². The van der Waals surface area contributed by atoms with Crippen molar-refractivity contribution in [1.82, 2.24) is 0 Å². The zero-order valence-electron chi connectivity index (χ0n) is 11.1. The molecule has 0 radical (unpaired) electrons. The zero-order chi connectivity index (χ0) is 13.1. The molecular weight excluding hydrogens is 224 g/mol. The van der Waals surface area contributed by atoms with Crippen LogP contribution in [-0.2, 0) is 0 Å². The first kappa shape index (κ1) is 12.9. The van der Waals surface area contributed by atoms with Crippen molar-refractivity contribution in [3.63, 3.8) is 0 Å². The Bertz CT molecular complexity index is 454. The van der Waals surface area contributed by atoms with Gasteiger partial charge in [-0.3, -0.25) is 0 Å². The van der Waals surface area contributed by atoms with Crippen LogP contribution in [0.4, 0.5) is 5.69 Å². The van der Waals surface area contributed by atoms with E-state index in [-0.39, 0.29) is 0 Å². The van der Waals surface area contributed by atoms with Crippen LogP contribution >= 0.6 is 0 Å². The summed E-state index contributed by atoms with van der Waals surface area (Å²) in [7, 11) is 0. The van der Waals surface area contributed by atoms with Crippen LogP contribution in [0.5, 0.6) is 0 Å². The topological polar surface area (TPSA) is 47.3 Å². The number of aliphatic hydroxyl groups excluding tert-OH is 1. The van der Waals surface area contributed by atoms with Crippen molar-refractivity contribution in [2.75, 3.05) is 18.0 Å². The summed E-state index contributed by atoms with van der Waals surface area (Å²) in [6, 6.07) is 7.72. The molecule has 0 unspecified atom stereocenters. The molecule has 0 amide bonds. The number of piperidine rings is 1. The third kappa shape index (κ3) is 2.65. The zero-order valence-corrected chi connectivity index (χ0v) is 11.1. The van der Waals surface area contributed by atoms with E-state index in [2.05, 4.69) is 17.9 Å². The third-order valence-electron chi connectivity index (χ3n) is 3.73. The van der Waals surface area contributed by atoms with Crippen LogP contribution in [0, 0.1) is 17.2 Å². The summed E-state index contributed by atoms with van der Waals surface area (Å²) in [4.78, 5) is 2.29. The summed E-state index contributed by atoms with van der Waals surface area (Å²) in [5.74, 6) is 0.774. The van der Waals surface area contributed by atoms with Crippen molar-refractivity contribution in [1.29, 1.82) is 5.26 Å². The van der Waals surface area contributed by atoms with Gasteiger partial charge in [-0.2, -0.15) is 5.26 Å². The quantitative estimate of drug-likeness (QED) is 0.870. The molecule has 1 aliphatic heterocycles. The first-order chi connectivity index (χ1) is 8.61. The predicted molar refractivity (Wildman–Crippen MR) is 72.4 cm³/mol. The first-order valence-corrected chi connectivity index (χ1v) is 6.59. The first-order valence-electron chi connectivity index (χ1n) is 6.59. The van der Waals surface area contributed by atoms with Crippen molar-refractivity contribution in [2.24, 2.45) is 5.92 Å². The fourth-order valence-corrected chi connectivity index (χ4v) is 2.49. The fraction of sp³-hybridized carbons (Fsp3) is 0.533. The summed E-state index contributed by atoms with van der Waals surface area (Å²) < 4.78 is 0. The van der Waals surface area contributed by atoms with Gasteiger partial charge in [-0.15, -0.1) is 0 Å². The molecule has 3 nitrogen and oxygen atoms in total. The third-order valence-corrected chi connectivity index (χ3v) is 3.73. The number of rotatable bonds is 2. The SMILES string of the molecule is CC1CCN(c2cc(C#N)ccc2[C@H](C)O)CC1. The Morgan fingerprint density at radius 1 is 1.39 bits per heavy atom. The number of anilines is 1. The molecule has 2 rings (SSSR count). The molecule has 0 bridgehead atoms. The monoisotopic (exact) mass is 244 g/mol. The van der Waals surface area contributed by atoms with Gasteiger partial charge in [-0.05, 0) is 37.8 Å². The van der Waals surface area contributed by atoms with Gasteiger partial charge in [0.15, 0.2) is 0 Å². The van der Waals surface area contributed by atoms with Gasteiger partial charge in [0.1, 0.15) is 0 Å². The lowest BCUT2D eigenvalue weighted by molar-refractivity contribution is 0.199. The van der Waals surface area contributed by atoms with Crippen LogP contribution in [0.25, 0.3) is 0 Å². The number of benzene rings is 1. The molecule has 0 aliphatic carbocycles. The van der Waals surface area contributed by atoms with Crippen LogP contribution < -0.4 is 4.90 Å². The molecular formula is C15H20N2O. The van der Waals surface area contributed by atoms with Crippen molar-refractivity contribution in [2.45, 2.75) is 32.8 Å². The maximum absolute atomic E-state index is 9.84. The number of aliphatic hydroxyl groups is 1. The number of nitriles is 1. The predicted octanol–water partition coefficient (Wildman–Crippen LogP) is 2.85. The second-order valence-electron chi connectivity index (χ2n) is 5.23. The van der Waals surface area contributed by atoms with E-state index in [4.69, 9.17) is 5.26 Å². The summed E-state index contributed by atoms with van der Waals surface area (Å²) in [6.07, 6.45) is 1.86. The number of nitrogens with zero attached hydrogens (tertiary/aromatic N) is 2. The van der Waals surface area contributed by atoms with Crippen LogP contribution in [-0.4, -0.2) is 18.2 Å². The highest BCUT2D eigenvalue weighted by atomic mass is 16.3. The van der Waals surface area contributed by atoms with E-state index in [9.17, 15) is 5.11 Å². The molecule has 1 saturated heterocycles. The van der Waals surface area contributed by atoms with Gasteiger partial charge in [0, 0.05) is 24.3 Å². The van der Waals surface area contributed by atoms with Crippen LogP contribution in [0.1, 0.15) is 43.9 Å². The Morgan fingerprint density at radius 3 is 2.61 bits per heavy atom. The normalized spacial score (nSPS) is 18.4. The van der Waals surface area contributed by atoms with Crippen molar-refractivity contribution < 1.29 is 5.11 Å². The maximum Gasteiger partial charge on any atom is 0.0992 e. The second-order valence-corrected chi connectivity index (χ2v) is 5.23. The van der Waals surface area contributed by atoms with E-state index in [0.29, 0.717) is 5.56 Å². The molecule has 96 valence electrons. The van der Waals surface area contributed by atoms with Crippen LogP contribution in [0.2, 0.25) is 0 Å². The molecule has 1 fully saturated rings. The van der Waals surface area contributed by atoms with Crippen LogP contribution in [0.15, 0.2) is 18.2 Å². The lowest BCUT2D eigenvalue weighted by Gasteiger charge is -2.34. The highest BCUT2D eigenvalue weighted by Gasteiger charge is 2.20. The number of hydrogen-bond donors (Lipinski definition) is 1. The van der Waals surface area contributed by atoms with E-state index in [1.165, 1.54) is 12.8 Å². The summed E-state index contributed by atoms with van der Waals surface area (Å²) in [6.45, 7) is 6.07. The van der Waals surface area contributed by atoms with Gasteiger partial charge < -0.3 is 10.0 Å². The van der Waals surface area contributed by atoms with Gasteiger partial charge in [0.2, 0.25) is 0 Å². The molecule has 0 spiro atoms. The molecule has 1 heterocycles. The minimum absolute atomic E-state index is 0.493. The van der Waals surface area contributed by atoms with Gasteiger partial charge >= 0.3 is 0 Å². The van der Waals surface area contributed by atoms with Gasteiger partial charge in [0.25, 0.3) is 0 Å². The van der Waals surface area contributed by atoms with E-state index in [0.717, 1.165) is 30.3 Å². The Labute approximate surface area is 109 Å². The van der Waals surface area contributed by atoms with E-state index in [1.54, 1.807) is 13.0 Å². The average molecular weight is 244 g/mol. The van der Waals surface area contributed by atoms with Crippen molar-refractivity contribution in [3.05, 3.63) is 29.3 Å². The summed E-state index contributed by atoms with van der Waals surface area (Å²) in [5.41, 5.74) is 2.60. The second kappa shape index (κ2) is 5.41. The number of hydrogen-bond acceptors (Lipinski definition) is 3. The van der Waals surface area contributed by atoms with E-state index < -0.39 is 6.10 Å². The van der Waals surface area contributed by atoms with E-state index in [1.807, 2.05) is 12.1 Å². The van der Waals surface area contributed by atoms with Crippen LogP contribution in [0.3, 0.4) is 0 Å². The van der Waals surface area contributed by atoms with Gasteiger partial charge in [0.05, 0.1) is 17.7 Å². The molecule has 1 aromatic rings. The molecule has 18 heavy (non-hydrogen) atoms. The highest BCUT2D eigenvalue weighted by Crippen LogP contribution is 2.30. The van der Waals surface area contributed by atoms with Gasteiger partial charge in [-0.25, -0.2) is 0 Å². The Morgan fingerprint density at radius 2 is 2.06 bits per heavy atom. The Balaban J connectivity index is 2.32. The molecule has 1 aromatic carbocycles. The largest absolute Gasteiger partial charge is 0.389 e. The average Bonchev–Trinajstić information content (AvgIpc) is 2.38. The molecule has 1 atom stereocenters. The molecule has 1 N–H and O–H groups in total. The van der Waals surface area contributed by atoms with Gasteiger partial charge in [-0.1, -0.05) is 13.0 Å². The summed E-state index contributed by atoms with van der Waals surface area (Å²) in [5, 5.41) is 18.8. The van der Waals surface area contributed by atoms with Crippen molar-refractivity contribution >= 4 is 5.69 Å². The highest BCUT2D eigenvalue weighted by molar-refractivity contribution is 5.58. The molecule has 1 aliphatic rings. The maximum atomic E-state index is 9.84. The smallest absolute Gasteiger partial charge is 0.0992 e. The van der Waals surface area contributed by atoms with E-state index >= 15 is 0 Å². The minimum Gasteiger partial charge on any atom is -0.389 e. The molecule has 0 aromatic heterocycles. The minimum atomic E-state index is -0.493. The lowest BCUT2D eigenvalue weighted by Crippen LogP contribution is -2.33. The fourth-order valence-electron chi connectivity index (χ4n) is 2.49. The lowest BCUT2D eigenvalue weighted by atomic mass is 9.97. The molecule has 0 saturated carbocycles.